The molecule has 0 bridgehead atoms. The Morgan fingerprint density at radius 1 is 1.22 bits per heavy atom. The smallest absolute Gasteiger partial charge is 0.254 e. The van der Waals surface area contributed by atoms with Crippen LogP contribution in [0.2, 0.25) is 0 Å². The first-order valence-electron chi connectivity index (χ1n) is 8.44. The van der Waals surface area contributed by atoms with E-state index in [1.54, 1.807) is 6.33 Å². The summed E-state index contributed by atoms with van der Waals surface area (Å²) in [5.41, 5.74) is 2.23. The molecule has 1 atom stereocenters. The summed E-state index contributed by atoms with van der Waals surface area (Å²) in [5, 5.41) is 4.37. The van der Waals surface area contributed by atoms with Crippen molar-refractivity contribution >= 4 is 11.6 Å². The summed E-state index contributed by atoms with van der Waals surface area (Å²) >= 11 is 0. The molecule has 2 fully saturated rings. The minimum Gasteiger partial charge on any atom is -0.381 e. The van der Waals surface area contributed by atoms with Gasteiger partial charge in [0, 0.05) is 50.6 Å². The fourth-order valence-electron chi connectivity index (χ4n) is 3.62. The maximum absolute atomic E-state index is 5.49. The zero-order chi connectivity index (χ0) is 15.8. The van der Waals surface area contributed by atoms with E-state index in [4.69, 9.17) is 4.74 Å². The monoisotopic (exact) mass is 316 g/mol. The van der Waals surface area contributed by atoms with Crippen molar-refractivity contribution in [3.05, 3.63) is 17.6 Å². The minimum atomic E-state index is 0.689. The lowest BCUT2D eigenvalue weighted by molar-refractivity contribution is 0.164. The number of fused-ring (bicyclic) bond motifs is 1. The van der Waals surface area contributed by atoms with Gasteiger partial charge in [-0.3, -0.25) is 4.90 Å². The number of anilines is 1. The van der Waals surface area contributed by atoms with E-state index in [0.717, 1.165) is 50.9 Å². The molecule has 0 aromatic carbocycles. The molecule has 0 spiro atoms. The molecule has 2 aromatic rings. The third-order valence-electron chi connectivity index (χ3n) is 5.09. The highest BCUT2D eigenvalue weighted by molar-refractivity contribution is 5.54. The van der Waals surface area contributed by atoms with Crippen molar-refractivity contribution in [3.63, 3.8) is 0 Å². The Labute approximate surface area is 136 Å². The van der Waals surface area contributed by atoms with Gasteiger partial charge in [-0.1, -0.05) is 0 Å². The highest BCUT2D eigenvalue weighted by Crippen LogP contribution is 2.24. The van der Waals surface area contributed by atoms with Gasteiger partial charge in [0.2, 0.25) is 0 Å². The molecule has 0 amide bonds. The summed E-state index contributed by atoms with van der Waals surface area (Å²) in [4.78, 5) is 13.8. The molecule has 2 aromatic heterocycles. The first-order chi connectivity index (χ1) is 11.2. The largest absolute Gasteiger partial charge is 0.381 e. The second-order valence-electron chi connectivity index (χ2n) is 6.63. The van der Waals surface area contributed by atoms with Gasteiger partial charge in [-0.2, -0.15) is 14.6 Å². The van der Waals surface area contributed by atoms with Crippen LogP contribution in [-0.2, 0) is 4.74 Å². The molecule has 2 aliphatic heterocycles. The minimum absolute atomic E-state index is 0.689. The van der Waals surface area contributed by atoms with E-state index < -0.39 is 0 Å². The van der Waals surface area contributed by atoms with Crippen molar-refractivity contribution in [1.82, 2.24) is 24.5 Å². The molecule has 124 valence electrons. The van der Waals surface area contributed by atoms with Gasteiger partial charge in [0.1, 0.15) is 12.1 Å². The van der Waals surface area contributed by atoms with E-state index >= 15 is 0 Å². The number of hydrogen-bond acceptors (Lipinski definition) is 6. The standard InChI is InChI=1S/C16H24N6O/c1-12-13(2)19-16-17-11-18-22(16)15(12)21-6-4-20(5-7-21)9-14-3-8-23-10-14/h11,14H,3-10H2,1-2H3. The van der Waals surface area contributed by atoms with Crippen molar-refractivity contribution < 1.29 is 4.74 Å². The van der Waals surface area contributed by atoms with Gasteiger partial charge in [-0.05, 0) is 26.2 Å². The second-order valence-corrected chi connectivity index (χ2v) is 6.63. The van der Waals surface area contributed by atoms with Gasteiger partial charge in [0.15, 0.2) is 0 Å². The van der Waals surface area contributed by atoms with Crippen molar-refractivity contribution in [3.8, 4) is 0 Å². The van der Waals surface area contributed by atoms with Crippen LogP contribution in [0.1, 0.15) is 17.7 Å². The lowest BCUT2D eigenvalue weighted by atomic mass is 10.1. The van der Waals surface area contributed by atoms with E-state index in [-0.39, 0.29) is 0 Å². The van der Waals surface area contributed by atoms with Crippen molar-refractivity contribution in [2.75, 3.05) is 50.8 Å². The molecular weight excluding hydrogens is 292 g/mol. The second kappa shape index (κ2) is 6.05. The van der Waals surface area contributed by atoms with Crippen molar-refractivity contribution in [2.24, 2.45) is 5.92 Å². The fourth-order valence-corrected chi connectivity index (χ4v) is 3.62. The summed E-state index contributed by atoms with van der Waals surface area (Å²) in [6, 6.07) is 0. The third kappa shape index (κ3) is 2.79. The van der Waals surface area contributed by atoms with E-state index in [1.165, 1.54) is 18.5 Å². The molecule has 2 saturated heterocycles. The predicted octanol–water partition coefficient (Wildman–Crippen LogP) is 0.900. The maximum atomic E-state index is 5.49. The van der Waals surface area contributed by atoms with Crippen LogP contribution in [-0.4, -0.2) is 70.4 Å². The third-order valence-corrected chi connectivity index (χ3v) is 5.09. The Bertz CT molecular complexity index is 685. The van der Waals surface area contributed by atoms with Crippen molar-refractivity contribution in [1.29, 1.82) is 0 Å². The van der Waals surface area contributed by atoms with Crippen LogP contribution in [0.3, 0.4) is 0 Å². The first kappa shape index (κ1) is 14.8. The average Bonchev–Trinajstić information content (AvgIpc) is 3.21. The summed E-state index contributed by atoms with van der Waals surface area (Å²) in [6.45, 7) is 11.4. The van der Waals surface area contributed by atoms with E-state index in [0.29, 0.717) is 11.7 Å². The molecule has 0 aliphatic carbocycles. The molecule has 0 radical (unpaired) electrons. The maximum Gasteiger partial charge on any atom is 0.254 e. The van der Waals surface area contributed by atoms with Crippen molar-refractivity contribution in [2.45, 2.75) is 20.3 Å². The van der Waals surface area contributed by atoms with Crippen LogP contribution in [0.5, 0.6) is 0 Å². The topological polar surface area (TPSA) is 58.8 Å². The van der Waals surface area contributed by atoms with Crippen LogP contribution in [0.15, 0.2) is 6.33 Å². The highest BCUT2D eigenvalue weighted by Gasteiger charge is 2.25. The Morgan fingerprint density at radius 3 is 2.78 bits per heavy atom. The van der Waals surface area contributed by atoms with Crippen LogP contribution in [0.4, 0.5) is 5.82 Å². The van der Waals surface area contributed by atoms with E-state index in [9.17, 15) is 0 Å². The Hall–Kier alpha value is -1.73. The van der Waals surface area contributed by atoms with Gasteiger partial charge in [-0.25, -0.2) is 4.98 Å². The predicted molar refractivity (Wildman–Crippen MR) is 87.8 cm³/mol. The molecule has 4 rings (SSSR count). The first-order valence-corrected chi connectivity index (χ1v) is 8.44. The van der Waals surface area contributed by atoms with Gasteiger partial charge in [0.05, 0.1) is 6.61 Å². The van der Waals surface area contributed by atoms with Gasteiger partial charge < -0.3 is 9.64 Å². The Kier molecular flexibility index (Phi) is 3.90. The van der Waals surface area contributed by atoms with Gasteiger partial charge >= 0.3 is 0 Å². The zero-order valence-electron chi connectivity index (χ0n) is 13.9. The summed E-state index contributed by atoms with van der Waals surface area (Å²) < 4.78 is 7.37. The van der Waals surface area contributed by atoms with Crippen LogP contribution < -0.4 is 4.90 Å². The van der Waals surface area contributed by atoms with Gasteiger partial charge in [-0.15, -0.1) is 0 Å². The lowest BCUT2D eigenvalue weighted by Crippen LogP contribution is -2.48. The molecule has 1 unspecified atom stereocenters. The SMILES string of the molecule is Cc1nc2ncnn2c(N2CCN(CC3CCOC3)CC2)c1C. The molecule has 7 nitrogen and oxygen atoms in total. The molecule has 2 aliphatic rings. The quantitative estimate of drug-likeness (QED) is 0.838. The number of nitrogens with zero attached hydrogens (tertiary/aromatic N) is 6. The van der Waals surface area contributed by atoms with Crippen LogP contribution in [0.25, 0.3) is 5.78 Å². The molecule has 4 heterocycles. The molecule has 0 saturated carbocycles. The normalized spacial score (nSPS) is 23.0. The zero-order valence-corrected chi connectivity index (χ0v) is 13.9. The Morgan fingerprint density at radius 2 is 2.04 bits per heavy atom. The summed E-state index contributed by atoms with van der Waals surface area (Å²) in [5.74, 6) is 2.55. The molecular formula is C16H24N6O. The molecule has 0 N–H and O–H groups in total. The number of rotatable bonds is 3. The number of aryl methyl sites for hydroxylation is 1. The average molecular weight is 316 g/mol. The van der Waals surface area contributed by atoms with Crippen LogP contribution in [0, 0.1) is 19.8 Å². The Balaban J connectivity index is 1.50. The summed E-state index contributed by atoms with van der Waals surface area (Å²) in [7, 11) is 0. The lowest BCUT2D eigenvalue weighted by Gasteiger charge is -2.37. The fraction of sp³-hybridized carbons (Fsp3) is 0.688. The van der Waals surface area contributed by atoms with E-state index in [1.807, 2.05) is 11.4 Å². The van der Waals surface area contributed by atoms with E-state index in [2.05, 4.69) is 31.8 Å². The van der Waals surface area contributed by atoms with Crippen LogP contribution >= 0.6 is 0 Å². The van der Waals surface area contributed by atoms with Gasteiger partial charge in [0.25, 0.3) is 5.78 Å². The number of ether oxygens (including phenoxy) is 1. The molecule has 23 heavy (non-hydrogen) atoms. The highest BCUT2D eigenvalue weighted by atomic mass is 16.5. The summed E-state index contributed by atoms with van der Waals surface area (Å²) in [6.07, 6.45) is 2.80. The molecule has 7 heteroatoms. The number of piperazine rings is 1. The number of hydrogen-bond donors (Lipinski definition) is 0. The number of aromatic nitrogens is 4.